The monoisotopic (exact) mass is 474 g/mol. The maximum atomic E-state index is 14.4. The minimum atomic E-state index is -0.539. The average molecular weight is 474 g/mol. The van der Waals surface area contributed by atoms with Gasteiger partial charge in [0.25, 0.3) is 5.91 Å². The van der Waals surface area contributed by atoms with E-state index >= 15 is 0 Å². The van der Waals surface area contributed by atoms with E-state index in [2.05, 4.69) is 32.0 Å². The lowest BCUT2D eigenvalue weighted by molar-refractivity contribution is 0.102. The summed E-state index contributed by atoms with van der Waals surface area (Å²) < 4.78 is 14.4. The number of rotatable bonds is 6. The number of aromatic nitrogens is 2. The van der Waals surface area contributed by atoms with Gasteiger partial charge < -0.3 is 16.0 Å². The Morgan fingerprint density at radius 1 is 0.778 bits per heavy atom. The number of hydrogen-bond donors (Lipinski definition) is 3. The lowest BCUT2D eigenvalue weighted by atomic mass is 10.1. The van der Waals surface area contributed by atoms with Gasteiger partial charge in [0.05, 0.1) is 22.8 Å². The molecule has 0 aliphatic rings. The number of carbonyl (C=O) groups excluding carboxylic acids is 1. The second-order valence-electron chi connectivity index (χ2n) is 7.91. The van der Waals surface area contributed by atoms with Crippen LogP contribution in [0.4, 0.5) is 32.8 Å². The van der Waals surface area contributed by atoms with Crippen molar-refractivity contribution in [1.82, 2.24) is 9.97 Å². The van der Waals surface area contributed by atoms with Crippen molar-refractivity contribution >= 4 is 45.2 Å². The Bertz CT molecular complexity index is 1600. The topological polar surface area (TPSA) is 103 Å². The van der Waals surface area contributed by atoms with Crippen LogP contribution in [0.15, 0.2) is 97.5 Å². The van der Waals surface area contributed by atoms with Gasteiger partial charge in [-0.2, -0.15) is 5.26 Å². The van der Waals surface area contributed by atoms with Crippen LogP contribution in [0.3, 0.4) is 0 Å². The number of nitrogens with zero attached hydrogens (tertiary/aromatic N) is 3. The molecular weight excluding hydrogens is 455 g/mol. The Labute approximate surface area is 206 Å². The third-order valence-electron chi connectivity index (χ3n) is 5.48. The summed E-state index contributed by atoms with van der Waals surface area (Å²) in [5, 5.41) is 19.1. The Morgan fingerprint density at radius 3 is 2.31 bits per heavy atom. The van der Waals surface area contributed by atoms with E-state index in [0.717, 1.165) is 28.0 Å². The number of benzene rings is 3. The molecule has 2 aromatic heterocycles. The smallest absolute Gasteiger partial charge is 0.255 e. The maximum Gasteiger partial charge on any atom is 0.255 e. The second kappa shape index (κ2) is 9.91. The van der Waals surface area contributed by atoms with E-state index in [9.17, 15) is 14.4 Å². The quantitative estimate of drug-likeness (QED) is 0.264. The highest BCUT2D eigenvalue weighted by molar-refractivity contribution is 6.05. The highest BCUT2D eigenvalue weighted by atomic mass is 19.1. The normalized spacial score (nSPS) is 10.4. The zero-order valence-electron chi connectivity index (χ0n) is 18.9. The second-order valence-corrected chi connectivity index (χ2v) is 7.91. The van der Waals surface area contributed by atoms with Crippen molar-refractivity contribution in [3.05, 3.63) is 114 Å². The molecule has 7 nitrogen and oxygen atoms in total. The highest BCUT2D eigenvalue weighted by Crippen LogP contribution is 2.27. The summed E-state index contributed by atoms with van der Waals surface area (Å²) >= 11 is 0. The van der Waals surface area contributed by atoms with Gasteiger partial charge in [-0.25, -0.2) is 4.39 Å². The summed E-state index contributed by atoms with van der Waals surface area (Å²) in [6, 6.07) is 24.1. The number of nitriles is 1. The molecule has 174 valence electrons. The molecule has 0 spiro atoms. The van der Waals surface area contributed by atoms with Crippen molar-refractivity contribution in [2.24, 2.45) is 0 Å². The maximum absolute atomic E-state index is 14.4. The molecule has 36 heavy (non-hydrogen) atoms. The minimum Gasteiger partial charge on any atom is -0.355 e. The van der Waals surface area contributed by atoms with Crippen LogP contribution in [0, 0.1) is 17.1 Å². The van der Waals surface area contributed by atoms with E-state index < -0.39 is 11.7 Å². The average Bonchev–Trinajstić information content (AvgIpc) is 2.91. The SMILES string of the molecule is N#Cc1ccc2nccc(Nc3ccc(C(=O)Nc4cc(Nc5ccncc5)ccc4F)cc3)c2c1. The van der Waals surface area contributed by atoms with E-state index in [0.29, 0.717) is 16.8 Å². The molecule has 8 heteroatoms. The molecule has 0 saturated carbocycles. The molecule has 0 radical (unpaired) electrons. The van der Waals surface area contributed by atoms with Gasteiger partial charge in [-0.05, 0) is 78.9 Å². The third kappa shape index (κ3) is 4.95. The van der Waals surface area contributed by atoms with Crippen LogP contribution in [0.1, 0.15) is 15.9 Å². The molecule has 0 saturated heterocycles. The summed E-state index contributed by atoms with van der Waals surface area (Å²) in [5.41, 5.74) is 4.70. The van der Waals surface area contributed by atoms with E-state index in [4.69, 9.17) is 0 Å². The van der Waals surface area contributed by atoms with Crippen molar-refractivity contribution in [3.8, 4) is 6.07 Å². The zero-order chi connectivity index (χ0) is 24.9. The first-order chi connectivity index (χ1) is 17.6. The van der Waals surface area contributed by atoms with Crippen LogP contribution in [-0.4, -0.2) is 15.9 Å². The highest BCUT2D eigenvalue weighted by Gasteiger charge is 2.11. The summed E-state index contributed by atoms with van der Waals surface area (Å²) in [4.78, 5) is 21.1. The number of hydrogen-bond acceptors (Lipinski definition) is 6. The first kappa shape index (κ1) is 22.5. The standard InChI is InChI=1S/C28H19FN6O/c29-24-7-6-22(33-21-9-12-31-13-10-21)16-27(24)35-28(36)19-2-4-20(5-3-19)34-26-11-14-32-25-8-1-18(17-30)15-23(25)26/h1-16H,(H,31,33)(H,32,34)(H,35,36). The summed E-state index contributed by atoms with van der Waals surface area (Å²) in [6.45, 7) is 0. The minimum absolute atomic E-state index is 0.0674. The van der Waals surface area contributed by atoms with Crippen LogP contribution < -0.4 is 16.0 Å². The van der Waals surface area contributed by atoms with Crippen molar-refractivity contribution < 1.29 is 9.18 Å². The van der Waals surface area contributed by atoms with Crippen LogP contribution in [0.5, 0.6) is 0 Å². The van der Waals surface area contributed by atoms with Crippen LogP contribution in [0.25, 0.3) is 10.9 Å². The molecule has 0 fully saturated rings. The molecule has 1 amide bonds. The third-order valence-corrected chi connectivity index (χ3v) is 5.48. The summed E-state index contributed by atoms with van der Waals surface area (Å²) in [5.74, 6) is -0.974. The lowest BCUT2D eigenvalue weighted by Crippen LogP contribution is -2.13. The Morgan fingerprint density at radius 2 is 1.53 bits per heavy atom. The van der Waals surface area contributed by atoms with E-state index in [1.807, 2.05) is 6.07 Å². The molecule has 0 unspecified atom stereocenters. The fourth-order valence-electron chi connectivity index (χ4n) is 3.68. The van der Waals surface area contributed by atoms with Crippen LogP contribution in [-0.2, 0) is 0 Å². The molecule has 0 bridgehead atoms. The predicted molar refractivity (Wildman–Crippen MR) is 138 cm³/mol. The fraction of sp³-hybridized carbons (Fsp3) is 0. The van der Waals surface area contributed by atoms with Crippen molar-refractivity contribution in [2.75, 3.05) is 16.0 Å². The number of anilines is 5. The van der Waals surface area contributed by atoms with Crippen molar-refractivity contribution in [2.45, 2.75) is 0 Å². The summed E-state index contributed by atoms with van der Waals surface area (Å²) in [7, 11) is 0. The number of fused-ring (bicyclic) bond motifs is 1. The molecule has 0 atom stereocenters. The number of amides is 1. The Balaban J connectivity index is 1.31. The van der Waals surface area contributed by atoms with Gasteiger partial charge in [-0.15, -0.1) is 0 Å². The summed E-state index contributed by atoms with van der Waals surface area (Å²) in [6.07, 6.45) is 4.98. The molecule has 2 heterocycles. The van der Waals surface area contributed by atoms with Crippen LogP contribution in [0.2, 0.25) is 0 Å². The van der Waals surface area contributed by atoms with E-state index in [1.165, 1.54) is 12.1 Å². The molecule has 0 aliphatic carbocycles. The van der Waals surface area contributed by atoms with Gasteiger partial charge in [0.15, 0.2) is 0 Å². The Kier molecular flexibility index (Phi) is 6.19. The molecular formula is C28H19FN6O. The molecule has 5 aromatic rings. The van der Waals surface area contributed by atoms with Gasteiger partial charge in [0.2, 0.25) is 0 Å². The zero-order valence-corrected chi connectivity index (χ0v) is 18.9. The van der Waals surface area contributed by atoms with Crippen molar-refractivity contribution in [3.63, 3.8) is 0 Å². The van der Waals surface area contributed by atoms with Crippen molar-refractivity contribution in [1.29, 1.82) is 5.26 Å². The van der Waals surface area contributed by atoms with Gasteiger partial charge >= 0.3 is 0 Å². The van der Waals surface area contributed by atoms with Gasteiger partial charge in [-0.1, -0.05) is 0 Å². The van der Waals surface area contributed by atoms with E-state index in [1.54, 1.807) is 79.3 Å². The molecule has 0 aliphatic heterocycles. The predicted octanol–water partition coefficient (Wildman–Crippen LogP) is 6.38. The first-order valence-electron chi connectivity index (χ1n) is 11.0. The Hall–Kier alpha value is -5.29. The fourth-order valence-corrected chi connectivity index (χ4v) is 3.68. The van der Waals surface area contributed by atoms with Gasteiger partial charge in [0.1, 0.15) is 5.82 Å². The molecule has 3 N–H and O–H groups in total. The number of nitrogens with one attached hydrogen (secondary N) is 3. The molecule has 3 aromatic carbocycles. The molecule has 5 rings (SSSR count). The van der Waals surface area contributed by atoms with Crippen LogP contribution >= 0.6 is 0 Å². The van der Waals surface area contributed by atoms with Gasteiger partial charge in [0, 0.05) is 52.3 Å². The van der Waals surface area contributed by atoms with E-state index in [-0.39, 0.29) is 5.69 Å². The first-order valence-corrected chi connectivity index (χ1v) is 11.0. The number of halogens is 1. The largest absolute Gasteiger partial charge is 0.355 e. The van der Waals surface area contributed by atoms with Gasteiger partial charge in [-0.3, -0.25) is 14.8 Å². The number of carbonyl (C=O) groups is 1. The lowest BCUT2D eigenvalue weighted by Gasteiger charge is -2.12. The number of pyridine rings is 2.